The summed E-state index contributed by atoms with van der Waals surface area (Å²) >= 11 is 0. The van der Waals surface area contributed by atoms with Crippen molar-refractivity contribution in [3.8, 4) is 0 Å². The van der Waals surface area contributed by atoms with Crippen molar-refractivity contribution in [2.24, 2.45) is 29.6 Å². The van der Waals surface area contributed by atoms with Crippen LogP contribution in [0.15, 0.2) is 0 Å². The van der Waals surface area contributed by atoms with Gasteiger partial charge in [0.05, 0.1) is 0 Å². The van der Waals surface area contributed by atoms with Crippen molar-refractivity contribution >= 4 is 0 Å². The Hall–Kier alpha value is -0.0400. The SMILES string of the molecule is CCC1CCC(C(NC)C2CC(C)CC(C)C2)CC1. The molecule has 2 aliphatic carbocycles. The van der Waals surface area contributed by atoms with Crippen molar-refractivity contribution in [2.45, 2.75) is 78.2 Å². The molecule has 19 heavy (non-hydrogen) atoms. The Bertz CT molecular complexity index is 244. The molecule has 0 spiro atoms. The molecule has 0 aromatic carbocycles. The molecule has 3 unspecified atom stereocenters. The van der Waals surface area contributed by atoms with Gasteiger partial charge in [-0.1, -0.05) is 40.0 Å². The molecule has 2 aliphatic rings. The second-order valence-electron chi connectivity index (χ2n) is 7.68. The lowest BCUT2D eigenvalue weighted by atomic mass is 9.67. The van der Waals surface area contributed by atoms with Gasteiger partial charge in [0.25, 0.3) is 0 Å². The van der Waals surface area contributed by atoms with Crippen molar-refractivity contribution in [3.05, 3.63) is 0 Å². The van der Waals surface area contributed by atoms with Crippen LogP contribution in [-0.2, 0) is 0 Å². The summed E-state index contributed by atoms with van der Waals surface area (Å²) in [6.07, 6.45) is 11.7. The molecule has 1 nitrogen and oxygen atoms in total. The van der Waals surface area contributed by atoms with E-state index in [4.69, 9.17) is 0 Å². The molecular weight excluding hydrogens is 230 g/mol. The highest BCUT2D eigenvalue weighted by molar-refractivity contribution is 4.89. The summed E-state index contributed by atoms with van der Waals surface area (Å²) in [4.78, 5) is 0. The third-order valence-corrected chi connectivity index (χ3v) is 6.03. The fourth-order valence-corrected chi connectivity index (χ4v) is 5.11. The first-order chi connectivity index (χ1) is 9.13. The van der Waals surface area contributed by atoms with Gasteiger partial charge in [-0.2, -0.15) is 0 Å². The van der Waals surface area contributed by atoms with Gasteiger partial charge in [-0.3, -0.25) is 0 Å². The number of hydrogen-bond acceptors (Lipinski definition) is 1. The third-order valence-electron chi connectivity index (χ3n) is 6.03. The van der Waals surface area contributed by atoms with Crippen LogP contribution in [0, 0.1) is 29.6 Å². The number of rotatable bonds is 4. The van der Waals surface area contributed by atoms with Crippen LogP contribution < -0.4 is 5.32 Å². The molecule has 112 valence electrons. The average molecular weight is 265 g/mol. The molecule has 2 saturated carbocycles. The van der Waals surface area contributed by atoms with Crippen molar-refractivity contribution in [2.75, 3.05) is 7.05 Å². The van der Waals surface area contributed by atoms with E-state index in [1.54, 1.807) is 0 Å². The van der Waals surface area contributed by atoms with E-state index >= 15 is 0 Å². The monoisotopic (exact) mass is 265 g/mol. The molecule has 2 rings (SSSR count). The van der Waals surface area contributed by atoms with E-state index in [2.05, 4.69) is 33.1 Å². The van der Waals surface area contributed by atoms with E-state index in [1.165, 1.54) is 51.4 Å². The van der Waals surface area contributed by atoms with E-state index in [0.717, 1.165) is 35.6 Å². The minimum Gasteiger partial charge on any atom is -0.316 e. The lowest BCUT2D eigenvalue weighted by Gasteiger charge is -2.42. The summed E-state index contributed by atoms with van der Waals surface area (Å²) in [7, 11) is 2.21. The Morgan fingerprint density at radius 3 is 1.95 bits per heavy atom. The Morgan fingerprint density at radius 1 is 0.895 bits per heavy atom. The summed E-state index contributed by atoms with van der Waals surface area (Å²) in [6, 6.07) is 0.794. The highest BCUT2D eigenvalue weighted by Crippen LogP contribution is 2.40. The standard InChI is InChI=1S/C18H35N/c1-5-15-6-8-16(9-7-15)18(19-4)17-11-13(2)10-14(3)12-17/h13-19H,5-12H2,1-4H3. The second-order valence-corrected chi connectivity index (χ2v) is 7.68. The van der Waals surface area contributed by atoms with Gasteiger partial charge in [-0.05, 0) is 68.7 Å². The predicted molar refractivity (Wildman–Crippen MR) is 84.3 cm³/mol. The minimum atomic E-state index is 0.794. The molecule has 0 aliphatic heterocycles. The van der Waals surface area contributed by atoms with Crippen molar-refractivity contribution in [1.29, 1.82) is 0 Å². The lowest BCUT2D eigenvalue weighted by molar-refractivity contribution is 0.119. The van der Waals surface area contributed by atoms with Gasteiger partial charge in [-0.15, -0.1) is 0 Å². The second kappa shape index (κ2) is 7.11. The maximum absolute atomic E-state index is 3.72. The van der Waals surface area contributed by atoms with Crippen LogP contribution in [0.5, 0.6) is 0 Å². The van der Waals surface area contributed by atoms with E-state index in [1.807, 2.05) is 0 Å². The van der Waals surface area contributed by atoms with Crippen molar-refractivity contribution < 1.29 is 0 Å². The zero-order valence-electron chi connectivity index (χ0n) is 13.6. The normalized spacial score (nSPS) is 42.0. The third kappa shape index (κ3) is 3.97. The van der Waals surface area contributed by atoms with E-state index < -0.39 is 0 Å². The zero-order valence-corrected chi connectivity index (χ0v) is 13.6. The molecule has 3 atom stereocenters. The van der Waals surface area contributed by atoms with Gasteiger partial charge in [0.15, 0.2) is 0 Å². The summed E-state index contributed by atoms with van der Waals surface area (Å²) < 4.78 is 0. The Morgan fingerprint density at radius 2 is 1.47 bits per heavy atom. The van der Waals surface area contributed by atoms with E-state index in [-0.39, 0.29) is 0 Å². The lowest BCUT2D eigenvalue weighted by Crippen LogP contribution is -2.44. The van der Waals surface area contributed by atoms with Gasteiger partial charge >= 0.3 is 0 Å². The van der Waals surface area contributed by atoms with Gasteiger partial charge < -0.3 is 5.32 Å². The van der Waals surface area contributed by atoms with Gasteiger partial charge in [0, 0.05) is 6.04 Å². The van der Waals surface area contributed by atoms with Crippen molar-refractivity contribution in [1.82, 2.24) is 5.32 Å². The fourth-order valence-electron chi connectivity index (χ4n) is 5.11. The first-order valence-electron chi connectivity index (χ1n) is 8.81. The quantitative estimate of drug-likeness (QED) is 0.765. The Labute approximate surface area is 120 Å². The first-order valence-corrected chi connectivity index (χ1v) is 8.81. The summed E-state index contributed by atoms with van der Waals surface area (Å²) in [5, 5.41) is 3.72. The molecule has 0 radical (unpaired) electrons. The molecule has 0 amide bonds. The molecule has 0 bridgehead atoms. The summed E-state index contributed by atoms with van der Waals surface area (Å²) in [5.74, 6) is 4.80. The minimum absolute atomic E-state index is 0.794. The predicted octanol–water partition coefficient (Wildman–Crippen LogP) is 4.86. The van der Waals surface area contributed by atoms with Gasteiger partial charge in [0.2, 0.25) is 0 Å². The average Bonchev–Trinajstić information content (AvgIpc) is 2.39. The topological polar surface area (TPSA) is 12.0 Å². The molecule has 1 heteroatoms. The maximum Gasteiger partial charge on any atom is 0.0121 e. The van der Waals surface area contributed by atoms with Crippen molar-refractivity contribution in [3.63, 3.8) is 0 Å². The number of nitrogens with one attached hydrogen (secondary N) is 1. The molecule has 0 saturated heterocycles. The van der Waals surface area contributed by atoms with Crippen LogP contribution in [0.1, 0.15) is 72.1 Å². The van der Waals surface area contributed by atoms with E-state index in [9.17, 15) is 0 Å². The van der Waals surface area contributed by atoms with Crippen LogP contribution in [0.2, 0.25) is 0 Å². The molecule has 0 aromatic rings. The highest BCUT2D eigenvalue weighted by Gasteiger charge is 2.35. The smallest absolute Gasteiger partial charge is 0.0121 e. The molecule has 0 aromatic heterocycles. The van der Waals surface area contributed by atoms with Gasteiger partial charge in [0.1, 0.15) is 0 Å². The van der Waals surface area contributed by atoms with Crippen LogP contribution in [0.4, 0.5) is 0 Å². The highest BCUT2D eigenvalue weighted by atomic mass is 14.9. The zero-order chi connectivity index (χ0) is 13.8. The summed E-state index contributed by atoms with van der Waals surface area (Å²) in [5.41, 5.74) is 0. The largest absolute Gasteiger partial charge is 0.316 e. The molecular formula is C18H35N. The maximum atomic E-state index is 3.72. The Balaban J connectivity index is 1.92. The van der Waals surface area contributed by atoms with Gasteiger partial charge in [-0.25, -0.2) is 0 Å². The van der Waals surface area contributed by atoms with E-state index in [0.29, 0.717) is 0 Å². The first kappa shape index (κ1) is 15.4. The molecule has 0 heterocycles. The fraction of sp³-hybridized carbons (Fsp3) is 1.00. The Kier molecular flexibility index (Phi) is 5.74. The van der Waals surface area contributed by atoms with Crippen LogP contribution in [0.3, 0.4) is 0 Å². The molecule has 2 fully saturated rings. The molecule has 1 N–H and O–H groups in total. The van der Waals surface area contributed by atoms with Crippen LogP contribution in [0.25, 0.3) is 0 Å². The van der Waals surface area contributed by atoms with Crippen LogP contribution in [-0.4, -0.2) is 13.1 Å². The summed E-state index contributed by atoms with van der Waals surface area (Å²) in [6.45, 7) is 7.29. The van der Waals surface area contributed by atoms with Crippen LogP contribution >= 0.6 is 0 Å². The number of hydrogen-bond donors (Lipinski definition) is 1.